The highest BCUT2D eigenvalue weighted by Gasteiger charge is 2.06. The largest absolute Gasteiger partial charge is 0.289 e. The molecule has 2 aromatic rings. The molecule has 0 saturated carbocycles. The maximum absolute atomic E-state index is 12.2. The van der Waals surface area contributed by atoms with Crippen LogP contribution in [0.15, 0.2) is 47.4 Å². The summed E-state index contributed by atoms with van der Waals surface area (Å²) in [5.41, 5.74) is 1.82. The van der Waals surface area contributed by atoms with Gasteiger partial charge in [0.1, 0.15) is 0 Å². The molecule has 0 aliphatic rings. The van der Waals surface area contributed by atoms with E-state index in [4.69, 9.17) is 0 Å². The zero-order valence-corrected chi connectivity index (χ0v) is 18.4. The molecule has 2 rings (SSSR count). The van der Waals surface area contributed by atoms with Crippen molar-refractivity contribution in [1.82, 2.24) is 0 Å². The molecule has 0 fully saturated rings. The summed E-state index contributed by atoms with van der Waals surface area (Å²) in [7, 11) is 0. The van der Waals surface area contributed by atoms with Crippen LogP contribution in [0.4, 0.5) is 0 Å². The first-order chi connectivity index (χ1) is 10.0. The summed E-state index contributed by atoms with van der Waals surface area (Å²) in [6.45, 7) is 0. The Hall–Kier alpha value is 0.390. The van der Waals surface area contributed by atoms with Crippen molar-refractivity contribution >= 4 is 91.4 Å². The van der Waals surface area contributed by atoms with Crippen LogP contribution in [0.3, 0.4) is 0 Å². The van der Waals surface area contributed by atoms with E-state index in [9.17, 15) is 4.79 Å². The molecule has 0 saturated heterocycles. The summed E-state index contributed by atoms with van der Waals surface area (Å²) >= 11 is 8.59. The van der Waals surface area contributed by atoms with Crippen molar-refractivity contribution in [3.63, 3.8) is 0 Å². The molecule has 0 spiro atoms. The number of rotatable bonds is 4. The summed E-state index contributed by atoms with van der Waals surface area (Å²) < 4.78 is 3.52. The second kappa shape index (κ2) is 8.30. The van der Waals surface area contributed by atoms with Gasteiger partial charge in [0.05, 0.1) is 0 Å². The fraction of sp³-hybridized carbons (Fsp3) is 0.0625. The Labute approximate surface area is 169 Å². The lowest BCUT2D eigenvalue weighted by molar-refractivity contribution is 0.104. The minimum atomic E-state index is 0.0350. The van der Waals surface area contributed by atoms with Crippen molar-refractivity contribution in [3.8, 4) is 0 Å². The van der Waals surface area contributed by atoms with Gasteiger partial charge in [-0.25, -0.2) is 0 Å². The van der Waals surface area contributed by atoms with E-state index < -0.39 is 0 Å². The molecule has 108 valence electrons. The Bertz CT molecular complexity index is 670. The fourth-order valence-electron chi connectivity index (χ4n) is 1.72. The van der Waals surface area contributed by atoms with Crippen molar-refractivity contribution in [1.29, 1.82) is 0 Å². The zero-order valence-electron chi connectivity index (χ0n) is 11.1. The second-order valence-corrected chi connectivity index (χ2v) is 8.66. The molecule has 0 N–H and O–H groups in total. The number of hydrogen-bond donors (Lipinski definition) is 0. The van der Waals surface area contributed by atoms with Crippen molar-refractivity contribution < 1.29 is 4.79 Å². The quantitative estimate of drug-likeness (QED) is 0.175. The average molecular weight is 632 g/mol. The molecule has 0 unspecified atom stereocenters. The van der Waals surface area contributed by atoms with Crippen LogP contribution in [-0.4, -0.2) is 12.0 Å². The van der Waals surface area contributed by atoms with E-state index in [-0.39, 0.29) is 5.78 Å². The summed E-state index contributed by atoms with van der Waals surface area (Å²) in [6.07, 6.45) is 5.59. The van der Waals surface area contributed by atoms with Crippen LogP contribution in [0, 0.1) is 10.7 Å². The van der Waals surface area contributed by atoms with Gasteiger partial charge in [-0.2, -0.15) is 0 Å². The van der Waals surface area contributed by atoms with Gasteiger partial charge in [-0.3, -0.25) is 4.79 Å². The van der Waals surface area contributed by atoms with Gasteiger partial charge < -0.3 is 0 Å². The molecule has 2 aromatic carbocycles. The number of ketones is 1. The molecule has 5 heteroatoms. The normalized spacial score (nSPS) is 11.0. The maximum atomic E-state index is 12.2. The van der Waals surface area contributed by atoms with Crippen LogP contribution in [0.2, 0.25) is 0 Å². The van der Waals surface area contributed by atoms with Crippen LogP contribution in [0.25, 0.3) is 6.08 Å². The standard InChI is InChI=1S/C16H11I3OS/c1-21-12-4-2-10(3-5-12)16(20)7-6-13-14(18)8-11(17)9-15(13)19/h2-9H,1H3/b7-6+. The lowest BCUT2D eigenvalue weighted by atomic mass is 10.1. The Morgan fingerprint density at radius 1 is 1.05 bits per heavy atom. The van der Waals surface area contributed by atoms with Gasteiger partial charge in [0.25, 0.3) is 0 Å². The van der Waals surface area contributed by atoms with E-state index in [1.165, 1.54) is 3.57 Å². The van der Waals surface area contributed by atoms with Crippen LogP contribution in [-0.2, 0) is 0 Å². The van der Waals surface area contributed by atoms with E-state index in [1.54, 1.807) is 17.8 Å². The molecule has 0 aliphatic heterocycles. The van der Waals surface area contributed by atoms with E-state index in [0.717, 1.165) is 23.2 Å². The molecule has 0 aliphatic carbocycles. The van der Waals surface area contributed by atoms with E-state index in [2.05, 4.69) is 79.9 Å². The maximum Gasteiger partial charge on any atom is 0.185 e. The number of allylic oxidation sites excluding steroid dienone is 1. The van der Waals surface area contributed by atoms with Gasteiger partial charge in [-0.15, -0.1) is 11.8 Å². The molecule has 0 amide bonds. The van der Waals surface area contributed by atoms with E-state index >= 15 is 0 Å². The van der Waals surface area contributed by atoms with Gasteiger partial charge in [0, 0.05) is 26.7 Å². The molecular weight excluding hydrogens is 621 g/mol. The Morgan fingerprint density at radius 3 is 2.14 bits per heavy atom. The Morgan fingerprint density at radius 2 is 1.62 bits per heavy atom. The van der Waals surface area contributed by atoms with Crippen molar-refractivity contribution in [3.05, 3.63) is 64.3 Å². The minimum absolute atomic E-state index is 0.0350. The summed E-state index contributed by atoms with van der Waals surface area (Å²) in [6, 6.07) is 11.9. The lowest BCUT2D eigenvalue weighted by Crippen LogP contribution is -1.95. The van der Waals surface area contributed by atoms with Crippen molar-refractivity contribution in [2.75, 3.05) is 6.26 Å². The third-order valence-electron chi connectivity index (χ3n) is 2.82. The zero-order chi connectivity index (χ0) is 15.4. The minimum Gasteiger partial charge on any atom is -0.289 e. The van der Waals surface area contributed by atoms with Crippen LogP contribution in [0.5, 0.6) is 0 Å². The van der Waals surface area contributed by atoms with Crippen molar-refractivity contribution in [2.45, 2.75) is 4.90 Å². The number of benzene rings is 2. The van der Waals surface area contributed by atoms with Crippen LogP contribution < -0.4 is 0 Å². The molecule has 0 heterocycles. The molecule has 0 bridgehead atoms. The van der Waals surface area contributed by atoms with E-state index in [0.29, 0.717) is 0 Å². The third-order valence-corrected chi connectivity index (χ3v) is 5.97. The van der Waals surface area contributed by atoms with Crippen LogP contribution >= 0.6 is 79.5 Å². The van der Waals surface area contributed by atoms with Crippen molar-refractivity contribution in [2.24, 2.45) is 0 Å². The summed E-state index contributed by atoms with van der Waals surface area (Å²) in [5, 5.41) is 0. The molecule has 21 heavy (non-hydrogen) atoms. The van der Waals surface area contributed by atoms with Gasteiger partial charge in [0.15, 0.2) is 5.78 Å². The molecule has 0 aromatic heterocycles. The topological polar surface area (TPSA) is 17.1 Å². The molecular formula is C16H11I3OS. The van der Waals surface area contributed by atoms with Gasteiger partial charge in [-0.1, -0.05) is 0 Å². The average Bonchev–Trinajstić information content (AvgIpc) is 2.46. The highest BCUT2D eigenvalue weighted by molar-refractivity contribution is 14.1. The first kappa shape index (κ1) is 17.7. The van der Waals surface area contributed by atoms with Gasteiger partial charge in [-0.05, 0) is 123 Å². The first-order valence-electron chi connectivity index (χ1n) is 6.02. The van der Waals surface area contributed by atoms with Gasteiger partial charge >= 0.3 is 0 Å². The second-order valence-electron chi connectivity index (χ2n) is 4.21. The highest BCUT2D eigenvalue weighted by Crippen LogP contribution is 2.24. The Kier molecular flexibility index (Phi) is 7.01. The molecule has 0 radical (unpaired) electrons. The predicted octanol–water partition coefficient (Wildman–Crippen LogP) is 6.12. The monoisotopic (exact) mass is 632 g/mol. The number of carbonyl (C=O) groups is 1. The summed E-state index contributed by atoms with van der Waals surface area (Å²) in [5.74, 6) is 0.0350. The number of hydrogen-bond acceptors (Lipinski definition) is 2. The van der Waals surface area contributed by atoms with E-state index in [1.807, 2.05) is 36.6 Å². The van der Waals surface area contributed by atoms with Crippen LogP contribution in [0.1, 0.15) is 15.9 Å². The number of halogens is 3. The smallest absolute Gasteiger partial charge is 0.185 e. The predicted molar refractivity (Wildman–Crippen MR) is 116 cm³/mol. The van der Waals surface area contributed by atoms with Gasteiger partial charge in [0.2, 0.25) is 0 Å². The lowest BCUT2D eigenvalue weighted by Gasteiger charge is -2.04. The summed E-state index contributed by atoms with van der Waals surface area (Å²) in [4.78, 5) is 13.4. The first-order valence-corrected chi connectivity index (χ1v) is 10.5. The molecule has 0 atom stereocenters. The SMILES string of the molecule is CSc1ccc(C(=O)/C=C/c2c(I)cc(I)cc2I)cc1. The Balaban J connectivity index is 2.22. The fourth-order valence-corrected chi connectivity index (χ4v) is 6.07. The number of carbonyl (C=O) groups excluding carboxylic acids is 1. The number of thioether (sulfide) groups is 1. The molecule has 1 nitrogen and oxygen atoms in total. The highest BCUT2D eigenvalue weighted by atomic mass is 127. The third kappa shape index (κ3) is 4.93.